The average molecular weight is 459 g/mol. The maximum atomic E-state index is 5.62. The summed E-state index contributed by atoms with van der Waals surface area (Å²) in [6.45, 7) is 0. The van der Waals surface area contributed by atoms with Crippen molar-refractivity contribution < 1.29 is 28.4 Å². The third kappa shape index (κ3) is 6.29. The maximum absolute atomic E-state index is 5.62. The predicted molar refractivity (Wildman–Crippen MR) is 119 cm³/mol. The van der Waals surface area contributed by atoms with Crippen LogP contribution in [-0.2, 0) is 9.47 Å². The van der Waals surface area contributed by atoms with Crippen LogP contribution in [0, 0.1) is 0 Å². The van der Waals surface area contributed by atoms with Crippen LogP contribution in [0.25, 0.3) is 0 Å². The van der Waals surface area contributed by atoms with Gasteiger partial charge in [-0.2, -0.15) is 0 Å². The largest absolute Gasteiger partial charge is 0.496 e. The van der Waals surface area contributed by atoms with Crippen LogP contribution in [0.1, 0.15) is 0 Å². The first-order valence-corrected chi connectivity index (χ1v) is 11.3. The molecule has 0 aliphatic rings. The highest BCUT2D eigenvalue weighted by atomic mass is 32.2. The maximum Gasteiger partial charge on any atom is 0.134 e. The molecule has 0 amide bonds. The minimum atomic E-state index is 0.525. The zero-order valence-corrected chi connectivity index (χ0v) is 19.8. The molecule has 0 aliphatic heterocycles. The molecule has 0 atom stereocenters. The Hall–Kier alpha value is -1.39. The molecule has 0 unspecified atom stereocenters. The summed E-state index contributed by atoms with van der Waals surface area (Å²) in [6.07, 6.45) is 0. The molecular weight excluding hydrogens is 432 g/mol. The smallest absolute Gasteiger partial charge is 0.134 e. The molecule has 29 heavy (non-hydrogen) atoms. The van der Waals surface area contributed by atoms with Crippen LogP contribution < -0.4 is 18.9 Å². The third-order valence-corrected chi connectivity index (χ3v) is 6.83. The monoisotopic (exact) mass is 458 g/mol. The Balaban J connectivity index is 2.43. The Labute approximate surface area is 184 Å². The molecule has 6 nitrogen and oxygen atoms in total. The second-order valence-electron chi connectivity index (χ2n) is 5.51. The quantitative estimate of drug-likeness (QED) is 0.313. The van der Waals surface area contributed by atoms with Crippen LogP contribution in [0.3, 0.4) is 0 Å². The van der Waals surface area contributed by atoms with Crippen molar-refractivity contribution in [2.24, 2.45) is 0 Å². The lowest BCUT2D eigenvalue weighted by Gasteiger charge is -2.17. The summed E-state index contributed by atoms with van der Waals surface area (Å²) >= 11 is 4.61. The summed E-state index contributed by atoms with van der Waals surface area (Å²) < 4.78 is 32.7. The van der Waals surface area contributed by atoms with E-state index in [9.17, 15) is 0 Å². The van der Waals surface area contributed by atoms with E-state index in [0.717, 1.165) is 42.6 Å². The van der Waals surface area contributed by atoms with Crippen molar-refractivity contribution in [3.05, 3.63) is 24.3 Å². The fourth-order valence-corrected chi connectivity index (χ4v) is 4.93. The average Bonchev–Trinajstić information content (AvgIpc) is 2.76. The molecule has 9 heteroatoms. The van der Waals surface area contributed by atoms with E-state index in [-0.39, 0.29) is 0 Å². The number of methoxy groups -OCH3 is 6. The summed E-state index contributed by atoms with van der Waals surface area (Å²) in [4.78, 5) is 3.71. The van der Waals surface area contributed by atoms with Gasteiger partial charge in [-0.3, -0.25) is 0 Å². The van der Waals surface area contributed by atoms with Crippen LogP contribution in [0.4, 0.5) is 0 Å². The normalized spacial score (nSPS) is 10.7. The summed E-state index contributed by atoms with van der Waals surface area (Å²) in [5, 5.41) is 0. The molecule has 0 radical (unpaired) electrons. The SMILES string of the molecule is COCSc1cc(OC)c(Sc2cc(OC)c(SCOC)cc2OC)cc1OC. The standard InChI is InChI=1S/C20H26O6S3/c1-21-11-27-17-7-15(25-5)19(9-13(17)23-3)29-20-10-14(24-4)18(28-12-22-2)8-16(20)26-6/h7-10H,11-12H2,1-6H3. The molecule has 0 N–H and O–H groups in total. The first-order valence-electron chi connectivity index (χ1n) is 8.55. The highest BCUT2D eigenvalue weighted by Gasteiger charge is 2.17. The van der Waals surface area contributed by atoms with Crippen molar-refractivity contribution in [1.82, 2.24) is 0 Å². The molecule has 2 aromatic carbocycles. The summed E-state index contributed by atoms with van der Waals surface area (Å²) in [7, 11) is 9.93. The lowest BCUT2D eigenvalue weighted by molar-refractivity contribution is 0.258. The lowest BCUT2D eigenvalue weighted by Crippen LogP contribution is -1.95. The Morgan fingerprint density at radius 2 is 0.828 bits per heavy atom. The molecule has 0 fully saturated rings. The molecule has 0 aromatic heterocycles. The zero-order valence-electron chi connectivity index (χ0n) is 17.4. The molecule has 0 spiro atoms. The van der Waals surface area contributed by atoms with Crippen molar-refractivity contribution in [2.45, 2.75) is 19.6 Å². The fourth-order valence-electron chi connectivity index (χ4n) is 2.43. The van der Waals surface area contributed by atoms with Gasteiger partial charge in [0.05, 0.1) is 59.9 Å². The topological polar surface area (TPSA) is 55.4 Å². The molecule has 0 saturated heterocycles. The molecule has 2 aromatic rings. The summed E-state index contributed by atoms with van der Waals surface area (Å²) in [5.74, 6) is 4.05. The molecule has 0 bridgehead atoms. The van der Waals surface area contributed by atoms with E-state index in [1.54, 1.807) is 66.2 Å². The van der Waals surface area contributed by atoms with Gasteiger partial charge in [0.1, 0.15) is 23.0 Å². The van der Waals surface area contributed by atoms with Crippen LogP contribution in [0.15, 0.2) is 43.8 Å². The predicted octanol–water partition coefficient (Wildman–Crippen LogP) is 5.26. The second-order valence-corrected chi connectivity index (χ2v) is 8.52. The second kappa shape index (κ2) is 12.3. The Kier molecular flexibility index (Phi) is 10.2. The van der Waals surface area contributed by atoms with Gasteiger partial charge in [-0.05, 0) is 24.3 Å². The Bertz CT molecular complexity index is 735. The van der Waals surface area contributed by atoms with Crippen molar-refractivity contribution in [3.63, 3.8) is 0 Å². The van der Waals surface area contributed by atoms with Gasteiger partial charge in [-0.25, -0.2) is 0 Å². The highest BCUT2D eigenvalue weighted by molar-refractivity contribution is 8.00. The molecule has 160 valence electrons. The van der Waals surface area contributed by atoms with Crippen molar-refractivity contribution >= 4 is 35.3 Å². The number of rotatable bonds is 12. The van der Waals surface area contributed by atoms with Crippen LogP contribution in [-0.4, -0.2) is 54.5 Å². The summed E-state index contributed by atoms with van der Waals surface area (Å²) in [6, 6.07) is 7.83. The number of ether oxygens (including phenoxy) is 6. The highest BCUT2D eigenvalue weighted by Crippen LogP contribution is 2.47. The number of hydrogen-bond acceptors (Lipinski definition) is 9. The minimum Gasteiger partial charge on any atom is -0.496 e. The van der Waals surface area contributed by atoms with Crippen molar-refractivity contribution in [3.8, 4) is 23.0 Å². The van der Waals surface area contributed by atoms with Gasteiger partial charge in [0.15, 0.2) is 0 Å². The van der Waals surface area contributed by atoms with Gasteiger partial charge in [0.2, 0.25) is 0 Å². The van der Waals surface area contributed by atoms with Gasteiger partial charge < -0.3 is 28.4 Å². The Morgan fingerprint density at radius 1 is 0.517 bits per heavy atom. The van der Waals surface area contributed by atoms with Gasteiger partial charge in [0, 0.05) is 14.2 Å². The zero-order chi connectivity index (χ0) is 21.2. The lowest BCUT2D eigenvalue weighted by atomic mass is 10.3. The molecule has 0 heterocycles. The van der Waals surface area contributed by atoms with E-state index in [4.69, 9.17) is 28.4 Å². The van der Waals surface area contributed by atoms with Crippen LogP contribution in [0.2, 0.25) is 0 Å². The minimum absolute atomic E-state index is 0.525. The van der Waals surface area contributed by atoms with Gasteiger partial charge >= 0.3 is 0 Å². The van der Waals surface area contributed by atoms with Crippen LogP contribution >= 0.6 is 35.3 Å². The van der Waals surface area contributed by atoms with E-state index in [1.165, 1.54) is 11.8 Å². The fraction of sp³-hybridized carbons (Fsp3) is 0.400. The first-order chi connectivity index (χ1) is 14.1. The molecule has 2 rings (SSSR count). The molecular formula is C20H26O6S3. The first kappa shape index (κ1) is 23.9. The van der Waals surface area contributed by atoms with Gasteiger partial charge in [-0.1, -0.05) is 35.3 Å². The number of hydrogen-bond donors (Lipinski definition) is 0. The van der Waals surface area contributed by atoms with E-state index in [0.29, 0.717) is 11.9 Å². The van der Waals surface area contributed by atoms with E-state index in [2.05, 4.69) is 0 Å². The Morgan fingerprint density at radius 3 is 1.14 bits per heavy atom. The van der Waals surface area contributed by atoms with Crippen molar-refractivity contribution in [1.29, 1.82) is 0 Å². The van der Waals surface area contributed by atoms with E-state index >= 15 is 0 Å². The number of thioether (sulfide) groups is 2. The van der Waals surface area contributed by atoms with E-state index in [1.807, 2.05) is 24.3 Å². The van der Waals surface area contributed by atoms with Gasteiger partial charge in [-0.15, -0.1) is 0 Å². The van der Waals surface area contributed by atoms with Crippen LogP contribution in [0.5, 0.6) is 23.0 Å². The summed E-state index contributed by atoms with van der Waals surface area (Å²) in [5.41, 5.74) is 0. The van der Waals surface area contributed by atoms with Gasteiger partial charge in [0.25, 0.3) is 0 Å². The van der Waals surface area contributed by atoms with Crippen molar-refractivity contribution in [2.75, 3.05) is 54.5 Å². The number of benzene rings is 2. The molecule has 0 aliphatic carbocycles. The van der Waals surface area contributed by atoms with E-state index < -0.39 is 0 Å². The third-order valence-electron chi connectivity index (χ3n) is 3.78. The molecule has 0 saturated carbocycles.